The van der Waals surface area contributed by atoms with Crippen molar-refractivity contribution in [1.82, 2.24) is 10.0 Å². The fourth-order valence-corrected chi connectivity index (χ4v) is 5.42. The lowest BCUT2D eigenvalue weighted by Gasteiger charge is -2.29. The maximum Gasteiger partial charge on any atom is 0.305 e. The lowest BCUT2D eigenvalue weighted by molar-refractivity contribution is -0.140. The van der Waals surface area contributed by atoms with Crippen molar-refractivity contribution < 1.29 is 27.1 Å². The molecule has 0 aliphatic heterocycles. The summed E-state index contributed by atoms with van der Waals surface area (Å²) in [4.78, 5) is 24.1. The van der Waals surface area contributed by atoms with E-state index < -0.39 is 10.0 Å². The number of hydrogen-bond donors (Lipinski definition) is 2. The van der Waals surface area contributed by atoms with E-state index in [-0.39, 0.29) is 47.0 Å². The zero-order valence-corrected chi connectivity index (χ0v) is 20.2. The Morgan fingerprint density at radius 3 is 2.24 bits per heavy atom. The van der Waals surface area contributed by atoms with Crippen molar-refractivity contribution in [3.05, 3.63) is 65.5 Å². The summed E-state index contributed by atoms with van der Waals surface area (Å²) in [5.74, 6) is -0.886. The van der Waals surface area contributed by atoms with Gasteiger partial charge < -0.3 is 10.1 Å². The highest BCUT2D eigenvalue weighted by atomic mass is 32.2. The fraction of sp³-hybridized carbons (Fsp3) is 0.440. The Kier molecular flexibility index (Phi) is 8.79. The van der Waals surface area contributed by atoms with Crippen molar-refractivity contribution in [1.29, 1.82) is 0 Å². The first kappa shape index (κ1) is 25.8. The van der Waals surface area contributed by atoms with Gasteiger partial charge in [-0.2, -0.15) is 0 Å². The number of carbonyl (C=O) groups is 2. The van der Waals surface area contributed by atoms with E-state index in [2.05, 4.69) is 14.8 Å². The minimum absolute atomic E-state index is 0.0688. The summed E-state index contributed by atoms with van der Waals surface area (Å²) in [5, 5.41) is 2.97. The molecule has 1 aliphatic carbocycles. The monoisotopic (exact) mass is 490 g/mol. The molecule has 184 valence electrons. The first-order chi connectivity index (χ1) is 16.2. The van der Waals surface area contributed by atoms with Crippen LogP contribution in [0.25, 0.3) is 0 Å². The molecule has 2 aromatic rings. The van der Waals surface area contributed by atoms with Crippen molar-refractivity contribution in [2.75, 3.05) is 7.11 Å². The Labute approximate surface area is 200 Å². The van der Waals surface area contributed by atoms with Gasteiger partial charge in [-0.15, -0.1) is 0 Å². The van der Waals surface area contributed by atoms with Gasteiger partial charge in [-0.25, -0.2) is 17.5 Å². The average molecular weight is 491 g/mol. The molecule has 0 unspecified atom stereocenters. The van der Waals surface area contributed by atoms with Gasteiger partial charge in [0.2, 0.25) is 15.9 Å². The molecular formula is C25H31FN2O5S. The van der Waals surface area contributed by atoms with Crippen LogP contribution >= 0.6 is 0 Å². The predicted octanol–water partition coefficient (Wildman–Crippen LogP) is 3.65. The van der Waals surface area contributed by atoms with Crippen molar-refractivity contribution in [2.45, 2.75) is 62.4 Å². The molecule has 0 spiro atoms. The lowest BCUT2D eigenvalue weighted by Crippen LogP contribution is -2.41. The molecule has 2 aromatic carbocycles. The number of aryl methyl sites for hydroxylation is 1. The Bertz CT molecular complexity index is 1080. The molecule has 0 aromatic heterocycles. The van der Waals surface area contributed by atoms with Crippen LogP contribution in [0.2, 0.25) is 0 Å². The Morgan fingerprint density at radius 1 is 1.03 bits per heavy atom. The second kappa shape index (κ2) is 11.6. The predicted molar refractivity (Wildman–Crippen MR) is 126 cm³/mol. The smallest absolute Gasteiger partial charge is 0.305 e. The van der Waals surface area contributed by atoms with Crippen LogP contribution < -0.4 is 10.0 Å². The van der Waals surface area contributed by atoms with Gasteiger partial charge in [-0.3, -0.25) is 9.59 Å². The number of carbonyl (C=O) groups excluding carboxylic acids is 2. The second-order valence-electron chi connectivity index (χ2n) is 8.67. The Hall–Kier alpha value is -2.78. The normalized spacial score (nSPS) is 19.3. The number of methoxy groups -OCH3 is 1. The SMILES string of the molecule is COC(=O)CCc1ccc(S(=O)(=O)N[C@H]2CC[C@H](C(=O)N[C@H](C)c3ccc(F)cc3)CC2)cc1. The van der Waals surface area contributed by atoms with Crippen LogP contribution in [0.5, 0.6) is 0 Å². The van der Waals surface area contributed by atoms with E-state index in [4.69, 9.17) is 0 Å². The first-order valence-electron chi connectivity index (χ1n) is 11.4. The van der Waals surface area contributed by atoms with Gasteiger partial charge in [-0.1, -0.05) is 24.3 Å². The third-order valence-electron chi connectivity index (χ3n) is 6.23. The zero-order chi connectivity index (χ0) is 24.7. The number of hydrogen-bond acceptors (Lipinski definition) is 5. The van der Waals surface area contributed by atoms with Crippen molar-refractivity contribution in [3.63, 3.8) is 0 Å². The molecule has 0 heterocycles. The van der Waals surface area contributed by atoms with Crippen LogP contribution in [0.3, 0.4) is 0 Å². The molecule has 9 heteroatoms. The van der Waals surface area contributed by atoms with E-state index in [0.29, 0.717) is 32.1 Å². The number of rotatable bonds is 9. The lowest BCUT2D eigenvalue weighted by atomic mass is 9.85. The van der Waals surface area contributed by atoms with Crippen LogP contribution in [0.15, 0.2) is 53.4 Å². The van der Waals surface area contributed by atoms with E-state index in [9.17, 15) is 22.4 Å². The van der Waals surface area contributed by atoms with E-state index in [0.717, 1.165) is 11.1 Å². The highest BCUT2D eigenvalue weighted by molar-refractivity contribution is 7.89. The highest BCUT2D eigenvalue weighted by Crippen LogP contribution is 2.27. The summed E-state index contributed by atoms with van der Waals surface area (Å²) in [6.45, 7) is 1.85. The van der Waals surface area contributed by atoms with E-state index in [1.54, 1.807) is 24.3 Å². The third-order valence-corrected chi connectivity index (χ3v) is 7.76. The minimum Gasteiger partial charge on any atom is -0.469 e. The number of amides is 1. The summed E-state index contributed by atoms with van der Waals surface area (Å²) in [7, 11) is -2.35. The molecule has 1 amide bonds. The summed E-state index contributed by atoms with van der Waals surface area (Å²) >= 11 is 0. The zero-order valence-electron chi connectivity index (χ0n) is 19.4. The molecule has 2 N–H and O–H groups in total. The van der Waals surface area contributed by atoms with Crippen LogP contribution in [0.4, 0.5) is 4.39 Å². The molecule has 3 rings (SSSR count). The van der Waals surface area contributed by atoms with Crippen molar-refractivity contribution in [2.24, 2.45) is 5.92 Å². The summed E-state index contributed by atoms with van der Waals surface area (Å²) in [6.07, 6.45) is 3.02. The van der Waals surface area contributed by atoms with Gasteiger partial charge in [0, 0.05) is 18.4 Å². The van der Waals surface area contributed by atoms with E-state index in [1.165, 1.54) is 31.4 Å². The van der Waals surface area contributed by atoms with Gasteiger partial charge in [0.25, 0.3) is 0 Å². The molecule has 1 atom stereocenters. The van der Waals surface area contributed by atoms with Crippen LogP contribution in [-0.4, -0.2) is 33.4 Å². The van der Waals surface area contributed by atoms with Gasteiger partial charge >= 0.3 is 5.97 Å². The standard InChI is InChI=1S/C25H31FN2O5S/c1-17(19-6-10-21(26)11-7-19)27-25(30)20-8-12-22(13-9-20)28-34(31,32)23-14-3-18(4-15-23)5-16-24(29)33-2/h3-4,6-7,10-11,14-15,17,20,22,28H,5,8-9,12-13,16H2,1-2H3,(H,27,30)/t17-,20-,22-/m1/s1. The summed E-state index contributed by atoms with van der Waals surface area (Å²) < 4.78 is 46.0. The topological polar surface area (TPSA) is 102 Å². The average Bonchev–Trinajstić information content (AvgIpc) is 2.83. The number of benzene rings is 2. The number of halogens is 1. The first-order valence-corrected chi connectivity index (χ1v) is 12.9. The van der Waals surface area contributed by atoms with Gasteiger partial charge in [-0.05, 0) is 74.4 Å². The number of esters is 1. The molecule has 0 radical (unpaired) electrons. The largest absolute Gasteiger partial charge is 0.469 e. The van der Waals surface area contributed by atoms with E-state index >= 15 is 0 Å². The van der Waals surface area contributed by atoms with Gasteiger partial charge in [0.1, 0.15) is 5.82 Å². The molecule has 1 aliphatic rings. The van der Waals surface area contributed by atoms with Crippen LogP contribution in [0.1, 0.15) is 56.2 Å². The number of sulfonamides is 1. The molecular weight excluding hydrogens is 459 g/mol. The van der Waals surface area contributed by atoms with Gasteiger partial charge in [0.15, 0.2) is 0 Å². The highest BCUT2D eigenvalue weighted by Gasteiger charge is 2.29. The summed E-state index contributed by atoms with van der Waals surface area (Å²) in [6, 6.07) is 12.0. The van der Waals surface area contributed by atoms with Crippen molar-refractivity contribution >= 4 is 21.9 Å². The Morgan fingerprint density at radius 2 is 1.65 bits per heavy atom. The van der Waals surface area contributed by atoms with Gasteiger partial charge in [0.05, 0.1) is 18.0 Å². The minimum atomic E-state index is -3.68. The van der Waals surface area contributed by atoms with Crippen molar-refractivity contribution in [3.8, 4) is 0 Å². The molecule has 0 bridgehead atoms. The molecule has 7 nitrogen and oxygen atoms in total. The maximum absolute atomic E-state index is 13.1. The molecule has 0 saturated heterocycles. The van der Waals surface area contributed by atoms with Crippen LogP contribution in [-0.2, 0) is 30.8 Å². The van der Waals surface area contributed by atoms with E-state index in [1.807, 2.05) is 6.92 Å². The molecule has 34 heavy (non-hydrogen) atoms. The maximum atomic E-state index is 13.1. The fourth-order valence-electron chi connectivity index (χ4n) is 4.11. The molecule has 1 saturated carbocycles. The van der Waals surface area contributed by atoms with Crippen LogP contribution in [0, 0.1) is 11.7 Å². The number of nitrogens with one attached hydrogen (secondary N) is 2. The summed E-state index contributed by atoms with van der Waals surface area (Å²) in [5.41, 5.74) is 1.68. The number of ether oxygens (including phenoxy) is 1. The third kappa shape index (κ3) is 7.11. The molecule has 1 fully saturated rings. The second-order valence-corrected chi connectivity index (χ2v) is 10.4. The quantitative estimate of drug-likeness (QED) is 0.523. The Balaban J connectivity index is 1.48.